The highest BCUT2D eigenvalue weighted by molar-refractivity contribution is 6.67. The molecule has 84 valence electrons. The van der Waals surface area contributed by atoms with Crippen molar-refractivity contribution < 1.29 is 0 Å². The molecule has 0 aliphatic heterocycles. The topological polar surface area (TPSA) is 0 Å². The van der Waals surface area contributed by atoms with Gasteiger partial charge < -0.3 is 0 Å². The fourth-order valence-electron chi connectivity index (χ4n) is 2.58. The largest absolute Gasteiger partial charge is 0.193 e. The highest BCUT2D eigenvalue weighted by Crippen LogP contribution is 2.49. The van der Waals surface area contributed by atoms with E-state index in [1.165, 1.54) is 12.8 Å². The smallest absolute Gasteiger partial charge is 0.0834 e. The lowest BCUT2D eigenvalue weighted by Gasteiger charge is -2.40. The van der Waals surface area contributed by atoms with Gasteiger partial charge in [-0.3, -0.25) is 0 Å². The number of alkyl halides is 3. The summed E-state index contributed by atoms with van der Waals surface area (Å²) in [5.74, 6) is 2.11. The van der Waals surface area contributed by atoms with Crippen LogP contribution in [0.25, 0.3) is 0 Å². The number of hydrogen-bond donors (Lipinski definition) is 0. The van der Waals surface area contributed by atoms with Gasteiger partial charge in [-0.2, -0.15) is 0 Å². The molecule has 0 bridgehead atoms. The zero-order valence-electron chi connectivity index (χ0n) is 9.06. The van der Waals surface area contributed by atoms with E-state index in [9.17, 15) is 0 Å². The summed E-state index contributed by atoms with van der Waals surface area (Å²) in [7, 11) is 0. The van der Waals surface area contributed by atoms with Crippen molar-refractivity contribution >= 4 is 34.8 Å². The molecule has 0 amide bonds. The van der Waals surface area contributed by atoms with Crippen molar-refractivity contribution in [2.45, 2.75) is 43.8 Å². The molecular weight excluding hydrogens is 238 g/mol. The van der Waals surface area contributed by atoms with E-state index in [-0.39, 0.29) is 5.92 Å². The molecule has 0 N–H and O–H groups in total. The molecule has 0 spiro atoms. The first-order valence-corrected chi connectivity index (χ1v) is 6.52. The minimum Gasteiger partial charge on any atom is -0.0834 e. The minimum atomic E-state index is -1.08. The molecule has 1 aliphatic carbocycles. The Labute approximate surface area is 102 Å². The van der Waals surface area contributed by atoms with Gasteiger partial charge in [0.1, 0.15) is 0 Å². The quantitative estimate of drug-likeness (QED) is 0.576. The lowest BCUT2D eigenvalue weighted by molar-refractivity contribution is 0.146. The van der Waals surface area contributed by atoms with Gasteiger partial charge in [0.15, 0.2) is 3.79 Å². The first kappa shape index (κ1) is 12.9. The van der Waals surface area contributed by atoms with Crippen LogP contribution in [-0.2, 0) is 0 Å². The van der Waals surface area contributed by atoms with Gasteiger partial charge in [-0.25, -0.2) is 0 Å². The summed E-state index contributed by atoms with van der Waals surface area (Å²) >= 11 is 18.1. The Morgan fingerprint density at radius 1 is 1.14 bits per heavy atom. The maximum atomic E-state index is 6.05. The summed E-state index contributed by atoms with van der Waals surface area (Å²) in [6, 6.07) is 0. The van der Waals surface area contributed by atoms with Crippen molar-refractivity contribution in [1.82, 2.24) is 0 Å². The second-order valence-corrected chi connectivity index (χ2v) is 7.34. The molecule has 0 aromatic heterocycles. The fraction of sp³-hybridized carbons (Fsp3) is 1.00. The molecule has 0 heterocycles. The van der Waals surface area contributed by atoms with E-state index in [0.29, 0.717) is 17.8 Å². The molecule has 14 heavy (non-hydrogen) atoms. The Bertz CT molecular complexity index is 183. The predicted octanol–water partition coefficient (Wildman–Crippen LogP) is 5.07. The van der Waals surface area contributed by atoms with E-state index in [1.54, 1.807) is 0 Å². The van der Waals surface area contributed by atoms with Crippen molar-refractivity contribution in [2.75, 3.05) is 0 Å². The summed E-state index contributed by atoms with van der Waals surface area (Å²) < 4.78 is -1.08. The van der Waals surface area contributed by atoms with Crippen molar-refractivity contribution in [3.8, 4) is 0 Å². The Kier molecular flexibility index (Phi) is 4.44. The Balaban J connectivity index is 2.74. The zero-order valence-corrected chi connectivity index (χ0v) is 11.3. The molecule has 3 unspecified atom stereocenters. The Morgan fingerprint density at radius 2 is 1.71 bits per heavy atom. The van der Waals surface area contributed by atoms with E-state index in [2.05, 4.69) is 20.8 Å². The molecule has 3 heteroatoms. The molecule has 0 aromatic rings. The van der Waals surface area contributed by atoms with Gasteiger partial charge in [0, 0.05) is 5.92 Å². The summed E-state index contributed by atoms with van der Waals surface area (Å²) in [5, 5.41) is 0. The third kappa shape index (κ3) is 3.18. The lowest BCUT2D eigenvalue weighted by Crippen LogP contribution is -2.36. The van der Waals surface area contributed by atoms with Gasteiger partial charge in [0.05, 0.1) is 0 Å². The van der Waals surface area contributed by atoms with Gasteiger partial charge >= 0.3 is 0 Å². The van der Waals surface area contributed by atoms with Crippen molar-refractivity contribution in [1.29, 1.82) is 0 Å². The van der Waals surface area contributed by atoms with Crippen LogP contribution in [0.1, 0.15) is 40.0 Å². The average Bonchev–Trinajstić information content (AvgIpc) is 2.01. The number of halogens is 3. The highest BCUT2D eigenvalue weighted by Gasteiger charge is 2.42. The predicted molar refractivity (Wildman–Crippen MR) is 65.1 cm³/mol. The maximum absolute atomic E-state index is 6.05. The number of hydrogen-bond acceptors (Lipinski definition) is 0. The van der Waals surface area contributed by atoms with Crippen LogP contribution in [0.4, 0.5) is 0 Å². The van der Waals surface area contributed by atoms with Gasteiger partial charge in [-0.15, -0.1) is 0 Å². The van der Waals surface area contributed by atoms with E-state index >= 15 is 0 Å². The average molecular weight is 258 g/mol. The zero-order chi connectivity index (χ0) is 10.9. The van der Waals surface area contributed by atoms with Crippen LogP contribution in [0.15, 0.2) is 0 Å². The Morgan fingerprint density at radius 3 is 2.14 bits per heavy atom. The highest BCUT2D eigenvalue weighted by atomic mass is 35.6. The molecule has 1 rings (SSSR count). The molecule has 1 fully saturated rings. The molecular formula is C11H19Cl3. The van der Waals surface area contributed by atoms with Crippen LogP contribution >= 0.6 is 34.8 Å². The Hall–Kier alpha value is 0.870. The van der Waals surface area contributed by atoms with Crippen molar-refractivity contribution in [3.05, 3.63) is 0 Å². The van der Waals surface area contributed by atoms with Crippen LogP contribution in [0.2, 0.25) is 0 Å². The third-order valence-corrected chi connectivity index (χ3v) is 4.28. The molecule has 0 radical (unpaired) electrons. The standard InChI is InChI=1S/C11H19Cl3/c1-7(2)9-5-4-8(3)6-10(9)11(12,13)14/h7-10H,4-6H2,1-3H3. The van der Waals surface area contributed by atoms with E-state index in [1.807, 2.05) is 0 Å². The maximum Gasteiger partial charge on any atom is 0.193 e. The van der Waals surface area contributed by atoms with Crippen LogP contribution in [0.3, 0.4) is 0 Å². The first-order chi connectivity index (χ1) is 6.32. The first-order valence-electron chi connectivity index (χ1n) is 5.39. The second kappa shape index (κ2) is 4.80. The van der Waals surface area contributed by atoms with E-state index < -0.39 is 3.79 Å². The molecule has 1 saturated carbocycles. The van der Waals surface area contributed by atoms with Crippen LogP contribution in [0, 0.1) is 23.7 Å². The number of rotatable bonds is 1. The summed E-state index contributed by atoms with van der Waals surface area (Å²) in [6.07, 6.45) is 3.54. The third-order valence-electron chi connectivity index (χ3n) is 3.44. The van der Waals surface area contributed by atoms with E-state index in [4.69, 9.17) is 34.8 Å². The molecule has 0 saturated heterocycles. The monoisotopic (exact) mass is 256 g/mol. The summed E-state index contributed by atoms with van der Waals surface area (Å²) in [4.78, 5) is 0. The SMILES string of the molecule is CC1CCC(C(C)C)C(C(Cl)(Cl)Cl)C1. The summed E-state index contributed by atoms with van der Waals surface area (Å²) in [6.45, 7) is 6.70. The van der Waals surface area contributed by atoms with Gasteiger partial charge in [-0.05, 0) is 30.6 Å². The fourth-order valence-corrected chi connectivity index (χ4v) is 3.33. The van der Waals surface area contributed by atoms with Gasteiger partial charge in [0.2, 0.25) is 0 Å². The second-order valence-electron chi connectivity index (χ2n) is 4.97. The van der Waals surface area contributed by atoms with Crippen LogP contribution < -0.4 is 0 Å². The summed E-state index contributed by atoms with van der Waals surface area (Å²) in [5.41, 5.74) is 0. The molecule has 0 nitrogen and oxygen atoms in total. The van der Waals surface area contributed by atoms with E-state index in [0.717, 1.165) is 6.42 Å². The van der Waals surface area contributed by atoms with Gasteiger partial charge in [-0.1, -0.05) is 62.0 Å². The van der Waals surface area contributed by atoms with Crippen LogP contribution in [0.5, 0.6) is 0 Å². The van der Waals surface area contributed by atoms with Crippen LogP contribution in [-0.4, -0.2) is 3.79 Å². The molecule has 1 aliphatic rings. The van der Waals surface area contributed by atoms with Gasteiger partial charge in [0.25, 0.3) is 0 Å². The normalized spacial score (nSPS) is 34.9. The van der Waals surface area contributed by atoms with Crippen molar-refractivity contribution in [2.24, 2.45) is 23.7 Å². The lowest BCUT2D eigenvalue weighted by atomic mass is 9.71. The molecule has 0 aromatic carbocycles. The molecule has 3 atom stereocenters. The minimum absolute atomic E-state index is 0.233. The van der Waals surface area contributed by atoms with Crippen molar-refractivity contribution in [3.63, 3.8) is 0 Å².